The number of ketones is 1. The molecule has 0 atom stereocenters. The van der Waals surface area contributed by atoms with E-state index in [0.717, 1.165) is 0 Å². The molecule has 1 rings (SSSR count). The second-order valence-corrected chi connectivity index (χ2v) is 3.69. The Bertz CT molecular complexity index is 327. The van der Waals surface area contributed by atoms with Gasteiger partial charge in [0.25, 0.3) is 0 Å². The molecule has 0 aliphatic rings. The van der Waals surface area contributed by atoms with Crippen molar-refractivity contribution in [3.63, 3.8) is 0 Å². The summed E-state index contributed by atoms with van der Waals surface area (Å²) in [6.45, 7) is 0. The maximum absolute atomic E-state index is 12.7. The number of alkyl halides is 1. The normalized spacial score (nSPS) is 10.1. The zero-order chi connectivity index (χ0) is 9.84. The van der Waals surface area contributed by atoms with Gasteiger partial charge in [-0.1, -0.05) is 27.5 Å². The molecular formula is C9H7BrClFO. The van der Waals surface area contributed by atoms with E-state index in [2.05, 4.69) is 15.9 Å². The highest BCUT2D eigenvalue weighted by Gasteiger charge is 2.07. The first-order valence-electron chi connectivity index (χ1n) is 3.69. The SMILES string of the molecule is O=C(CCBr)c1ccc(F)c(Cl)c1. The molecule has 0 N–H and O–H groups in total. The van der Waals surface area contributed by atoms with Crippen molar-refractivity contribution in [3.8, 4) is 0 Å². The molecule has 0 spiro atoms. The summed E-state index contributed by atoms with van der Waals surface area (Å²) in [6.07, 6.45) is 0.391. The molecule has 70 valence electrons. The zero-order valence-electron chi connectivity index (χ0n) is 6.69. The summed E-state index contributed by atoms with van der Waals surface area (Å²) in [4.78, 5) is 11.3. The van der Waals surface area contributed by atoms with E-state index in [1.165, 1.54) is 18.2 Å². The molecule has 4 heteroatoms. The summed E-state index contributed by atoms with van der Waals surface area (Å²) >= 11 is 8.67. The average molecular weight is 266 g/mol. The Balaban J connectivity index is 2.90. The fourth-order valence-electron chi connectivity index (χ4n) is 0.900. The number of hydrogen-bond acceptors (Lipinski definition) is 1. The molecule has 0 saturated heterocycles. The van der Waals surface area contributed by atoms with Crippen LogP contribution in [0.4, 0.5) is 4.39 Å². The van der Waals surface area contributed by atoms with Crippen LogP contribution >= 0.6 is 27.5 Å². The molecule has 1 aromatic carbocycles. The molecule has 0 radical (unpaired) electrons. The molecule has 0 unspecified atom stereocenters. The second-order valence-electron chi connectivity index (χ2n) is 2.49. The van der Waals surface area contributed by atoms with Crippen molar-refractivity contribution in [1.29, 1.82) is 0 Å². The van der Waals surface area contributed by atoms with Crippen molar-refractivity contribution in [2.75, 3.05) is 5.33 Å². The van der Waals surface area contributed by atoms with Crippen molar-refractivity contribution in [2.24, 2.45) is 0 Å². The van der Waals surface area contributed by atoms with Crippen molar-refractivity contribution < 1.29 is 9.18 Å². The first kappa shape index (κ1) is 10.7. The number of carbonyl (C=O) groups is 1. The van der Waals surface area contributed by atoms with E-state index >= 15 is 0 Å². The molecule has 1 aromatic rings. The van der Waals surface area contributed by atoms with Crippen LogP contribution in [0.5, 0.6) is 0 Å². The number of carbonyl (C=O) groups excluding carboxylic acids is 1. The van der Waals surface area contributed by atoms with Gasteiger partial charge in [-0.15, -0.1) is 0 Å². The van der Waals surface area contributed by atoms with E-state index in [4.69, 9.17) is 11.6 Å². The van der Waals surface area contributed by atoms with Crippen LogP contribution in [0, 0.1) is 5.82 Å². The molecule has 0 aliphatic heterocycles. The van der Waals surface area contributed by atoms with Gasteiger partial charge in [0.15, 0.2) is 5.78 Å². The Morgan fingerprint density at radius 1 is 1.54 bits per heavy atom. The summed E-state index contributed by atoms with van der Waals surface area (Å²) in [5.74, 6) is -0.546. The third kappa shape index (κ3) is 2.78. The Morgan fingerprint density at radius 2 is 2.23 bits per heavy atom. The third-order valence-electron chi connectivity index (χ3n) is 1.56. The van der Waals surface area contributed by atoms with E-state index in [0.29, 0.717) is 17.3 Å². The van der Waals surface area contributed by atoms with Crippen LogP contribution in [-0.2, 0) is 0 Å². The summed E-state index contributed by atoms with van der Waals surface area (Å²) in [5, 5.41) is 0.585. The van der Waals surface area contributed by atoms with Gasteiger partial charge < -0.3 is 0 Å². The van der Waals surface area contributed by atoms with Crippen LogP contribution in [0.2, 0.25) is 5.02 Å². The molecule has 0 aromatic heterocycles. The summed E-state index contributed by atoms with van der Waals surface area (Å²) < 4.78 is 12.7. The van der Waals surface area contributed by atoms with Crippen LogP contribution in [0.15, 0.2) is 18.2 Å². The maximum Gasteiger partial charge on any atom is 0.163 e. The Kier molecular flexibility index (Phi) is 3.88. The lowest BCUT2D eigenvalue weighted by Crippen LogP contribution is -1.99. The molecule has 0 saturated carbocycles. The van der Waals surface area contributed by atoms with E-state index < -0.39 is 5.82 Å². The largest absolute Gasteiger partial charge is 0.294 e. The van der Waals surface area contributed by atoms with Gasteiger partial charge in [-0.3, -0.25) is 4.79 Å². The van der Waals surface area contributed by atoms with Gasteiger partial charge in [-0.05, 0) is 18.2 Å². The minimum Gasteiger partial charge on any atom is -0.294 e. The minimum atomic E-state index is -0.503. The highest BCUT2D eigenvalue weighted by atomic mass is 79.9. The Morgan fingerprint density at radius 3 is 2.77 bits per heavy atom. The highest BCUT2D eigenvalue weighted by Crippen LogP contribution is 2.17. The molecule has 0 aliphatic carbocycles. The molecule has 1 nitrogen and oxygen atoms in total. The maximum atomic E-state index is 12.7. The molecule has 0 heterocycles. The molecule has 13 heavy (non-hydrogen) atoms. The zero-order valence-corrected chi connectivity index (χ0v) is 9.03. The van der Waals surface area contributed by atoms with Crippen LogP contribution in [-0.4, -0.2) is 11.1 Å². The van der Waals surface area contributed by atoms with E-state index in [1.807, 2.05) is 0 Å². The Hall–Kier alpha value is -0.410. The lowest BCUT2D eigenvalue weighted by molar-refractivity contribution is 0.0990. The van der Waals surface area contributed by atoms with Gasteiger partial charge in [0.05, 0.1) is 5.02 Å². The lowest BCUT2D eigenvalue weighted by Gasteiger charge is -1.99. The summed E-state index contributed by atoms with van der Waals surface area (Å²) in [5.41, 5.74) is 0.450. The van der Waals surface area contributed by atoms with Crippen molar-refractivity contribution in [2.45, 2.75) is 6.42 Å². The third-order valence-corrected chi connectivity index (χ3v) is 2.25. The van der Waals surface area contributed by atoms with Crippen molar-refractivity contribution >= 4 is 33.3 Å². The number of rotatable bonds is 3. The van der Waals surface area contributed by atoms with Crippen molar-refractivity contribution in [3.05, 3.63) is 34.6 Å². The van der Waals surface area contributed by atoms with Gasteiger partial charge in [0.1, 0.15) is 5.82 Å². The smallest absolute Gasteiger partial charge is 0.163 e. The van der Waals surface area contributed by atoms with Gasteiger partial charge in [0.2, 0.25) is 0 Å². The van der Waals surface area contributed by atoms with E-state index in [-0.39, 0.29) is 10.8 Å². The first-order valence-corrected chi connectivity index (χ1v) is 5.19. The fraction of sp³-hybridized carbons (Fsp3) is 0.222. The molecule has 0 bridgehead atoms. The van der Waals surface area contributed by atoms with Gasteiger partial charge >= 0.3 is 0 Å². The predicted molar refractivity (Wildman–Crippen MR) is 54.2 cm³/mol. The van der Waals surface area contributed by atoms with Gasteiger partial charge in [-0.25, -0.2) is 4.39 Å². The van der Waals surface area contributed by atoms with Crippen LogP contribution in [0.1, 0.15) is 16.8 Å². The van der Waals surface area contributed by atoms with E-state index in [9.17, 15) is 9.18 Å². The molecule has 0 fully saturated rings. The van der Waals surface area contributed by atoms with Crippen LogP contribution < -0.4 is 0 Å². The predicted octanol–water partition coefficient (Wildman–Crippen LogP) is 3.45. The molecular weight excluding hydrogens is 258 g/mol. The monoisotopic (exact) mass is 264 g/mol. The fourth-order valence-corrected chi connectivity index (χ4v) is 1.44. The summed E-state index contributed by atoms with van der Waals surface area (Å²) in [7, 11) is 0. The first-order chi connectivity index (χ1) is 6.15. The quantitative estimate of drug-likeness (QED) is 0.604. The standard InChI is InChI=1S/C9H7BrClFO/c10-4-3-9(13)6-1-2-8(12)7(11)5-6/h1-2,5H,3-4H2. The lowest BCUT2D eigenvalue weighted by atomic mass is 10.1. The highest BCUT2D eigenvalue weighted by molar-refractivity contribution is 9.09. The number of halogens is 3. The topological polar surface area (TPSA) is 17.1 Å². The second kappa shape index (κ2) is 4.72. The number of benzene rings is 1. The summed E-state index contributed by atoms with van der Waals surface area (Å²) in [6, 6.07) is 3.98. The number of Topliss-reactive ketones (excluding diaryl/α,β-unsaturated/α-hetero) is 1. The number of hydrogen-bond donors (Lipinski definition) is 0. The molecule has 0 amide bonds. The minimum absolute atomic E-state index is 0.0135. The van der Waals surface area contributed by atoms with E-state index in [1.54, 1.807) is 0 Å². The van der Waals surface area contributed by atoms with Crippen molar-refractivity contribution in [1.82, 2.24) is 0 Å². The van der Waals surface area contributed by atoms with Crippen LogP contribution in [0.25, 0.3) is 0 Å². The van der Waals surface area contributed by atoms with Gasteiger partial charge in [-0.2, -0.15) is 0 Å². The van der Waals surface area contributed by atoms with Gasteiger partial charge in [0, 0.05) is 17.3 Å². The Labute approximate surface area is 89.0 Å². The van der Waals surface area contributed by atoms with Crippen LogP contribution in [0.3, 0.4) is 0 Å². The average Bonchev–Trinajstić information content (AvgIpc) is 2.10.